The molecule has 0 aliphatic carbocycles. The molecule has 5 heteroatoms. The van der Waals surface area contributed by atoms with E-state index < -0.39 is 0 Å². The molecule has 3 aromatic carbocycles. The monoisotopic (exact) mass is 405 g/mol. The standard InChI is InChI=1S/C25H25FN2O2/c1-3-18-10-12-19(13-11-18)25(21-7-4-8-22(26)14-21)27-16-24(30)28-23-9-5-6-20(15-23)17(2)29/h4-15,25,27H,3,16H2,1-2H3,(H,28,30)/p+1/t25-/m1/s1. The van der Waals surface area contributed by atoms with E-state index in [0.717, 1.165) is 17.5 Å². The van der Waals surface area contributed by atoms with E-state index in [1.165, 1.54) is 24.6 Å². The van der Waals surface area contributed by atoms with Crippen LogP contribution in [0.3, 0.4) is 0 Å². The minimum atomic E-state index is -0.304. The van der Waals surface area contributed by atoms with E-state index in [0.29, 0.717) is 11.3 Å². The van der Waals surface area contributed by atoms with Crippen LogP contribution in [0.4, 0.5) is 10.1 Å². The quantitative estimate of drug-likeness (QED) is 0.559. The number of ketones is 1. The summed E-state index contributed by atoms with van der Waals surface area (Å²) in [6.07, 6.45) is 0.941. The summed E-state index contributed by atoms with van der Waals surface area (Å²) in [5.41, 5.74) is 4.15. The predicted octanol–water partition coefficient (Wildman–Crippen LogP) is 3.88. The Morgan fingerprint density at radius 3 is 2.37 bits per heavy atom. The molecule has 0 heterocycles. The SMILES string of the molecule is CCc1ccc([C@@H]([NH2+]CC(=O)Nc2cccc(C(C)=O)c2)c2cccc(F)c2)cc1. The molecule has 0 aliphatic rings. The van der Waals surface area contributed by atoms with Crippen molar-refractivity contribution in [3.63, 3.8) is 0 Å². The van der Waals surface area contributed by atoms with Gasteiger partial charge >= 0.3 is 0 Å². The fourth-order valence-electron chi connectivity index (χ4n) is 3.38. The van der Waals surface area contributed by atoms with Crippen molar-refractivity contribution in [2.45, 2.75) is 26.3 Å². The summed E-state index contributed by atoms with van der Waals surface area (Å²) >= 11 is 0. The van der Waals surface area contributed by atoms with Crippen molar-refractivity contribution in [1.29, 1.82) is 0 Å². The molecular formula is C25H26FN2O2+. The third-order valence-electron chi connectivity index (χ3n) is 5.05. The Morgan fingerprint density at radius 2 is 1.70 bits per heavy atom. The molecule has 0 aromatic heterocycles. The van der Waals surface area contributed by atoms with Gasteiger partial charge in [0.15, 0.2) is 12.3 Å². The third kappa shape index (κ3) is 5.61. The Bertz CT molecular complexity index is 1030. The zero-order chi connectivity index (χ0) is 21.5. The maximum atomic E-state index is 13.8. The number of halogens is 1. The lowest BCUT2D eigenvalue weighted by molar-refractivity contribution is -0.676. The molecule has 3 N–H and O–H groups in total. The smallest absolute Gasteiger partial charge is 0.279 e. The lowest BCUT2D eigenvalue weighted by atomic mass is 9.97. The fourth-order valence-corrected chi connectivity index (χ4v) is 3.38. The van der Waals surface area contributed by atoms with Crippen molar-refractivity contribution in [3.8, 4) is 0 Å². The minimum absolute atomic E-state index is 0.0562. The number of carbonyl (C=O) groups is 2. The number of nitrogens with one attached hydrogen (secondary N) is 1. The second-order valence-corrected chi connectivity index (χ2v) is 7.25. The van der Waals surface area contributed by atoms with Crippen molar-refractivity contribution in [2.75, 3.05) is 11.9 Å². The molecule has 0 aliphatic heterocycles. The van der Waals surface area contributed by atoms with E-state index in [9.17, 15) is 14.0 Å². The van der Waals surface area contributed by atoms with Crippen molar-refractivity contribution in [1.82, 2.24) is 0 Å². The van der Waals surface area contributed by atoms with Crippen LogP contribution in [-0.4, -0.2) is 18.2 Å². The topological polar surface area (TPSA) is 62.8 Å². The highest BCUT2D eigenvalue weighted by atomic mass is 19.1. The number of anilines is 1. The number of nitrogens with two attached hydrogens (primary N) is 1. The van der Waals surface area contributed by atoms with Crippen LogP contribution in [-0.2, 0) is 11.2 Å². The van der Waals surface area contributed by atoms with Crippen LogP contribution in [0.2, 0.25) is 0 Å². The van der Waals surface area contributed by atoms with Crippen LogP contribution in [0.5, 0.6) is 0 Å². The van der Waals surface area contributed by atoms with Gasteiger partial charge in [-0.05, 0) is 43.2 Å². The number of hydrogen-bond donors (Lipinski definition) is 2. The van der Waals surface area contributed by atoms with Gasteiger partial charge in [0.1, 0.15) is 11.9 Å². The highest BCUT2D eigenvalue weighted by molar-refractivity contribution is 5.97. The number of benzene rings is 3. The van der Waals surface area contributed by atoms with Crippen LogP contribution in [0.15, 0.2) is 72.8 Å². The van der Waals surface area contributed by atoms with Crippen LogP contribution in [0.25, 0.3) is 0 Å². The summed E-state index contributed by atoms with van der Waals surface area (Å²) < 4.78 is 13.8. The molecule has 154 valence electrons. The van der Waals surface area contributed by atoms with Crippen molar-refractivity contribution in [3.05, 3.63) is 101 Å². The van der Waals surface area contributed by atoms with Gasteiger partial charge in [0.25, 0.3) is 5.91 Å². The first-order chi connectivity index (χ1) is 14.5. The van der Waals surface area contributed by atoms with Gasteiger partial charge in [-0.25, -0.2) is 4.39 Å². The summed E-state index contributed by atoms with van der Waals surface area (Å²) in [5, 5.41) is 4.72. The number of Topliss-reactive ketones (excluding diaryl/α,β-unsaturated/α-hetero) is 1. The molecule has 0 saturated heterocycles. The molecule has 3 aromatic rings. The van der Waals surface area contributed by atoms with Gasteiger partial charge in [-0.1, -0.05) is 55.5 Å². The average Bonchev–Trinajstić information content (AvgIpc) is 2.74. The van der Waals surface area contributed by atoms with Gasteiger partial charge in [0, 0.05) is 22.4 Å². The van der Waals surface area contributed by atoms with Gasteiger partial charge < -0.3 is 10.6 Å². The minimum Gasteiger partial charge on any atom is -0.328 e. The molecular weight excluding hydrogens is 379 g/mol. The van der Waals surface area contributed by atoms with E-state index in [1.54, 1.807) is 30.3 Å². The third-order valence-corrected chi connectivity index (χ3v) is 5.05. The zero-order valence-electron chi connectivity index (χ0n) is 17.2. The fraction of sp³-hybridized carbons (Fsp3) is 0.200. The van der Waals surface area contributed by atoms with Crippen molar-refractivity contribution >= 4 is 17.4 Å². The van der Waals surface area contributed by atoms with Crippen LogP contribution < -0.4 is 10.6 Å². The summed E-state index contributed by atoms with van der Waals surface area (Å²) in [7, 11) is 0. The number of rotatable bonds is 8. The van der Waals surface area contributed by atoms with E-state index >= 15 is 0 Å². The highest BCUT2D eigenvalue weighted by Gasteiger charge is 2.20. The number of carbonyl (C=O) groups excluding carboxylic acids is 2. The predicted molar refractivity (Wildman–Crippen MR) is 116 cm³/mol. The Hall–Kier alpha value is -3.31. The van der Waals surface area contributed by atoms with Crippen LogP contribution in [0.1, 0.15) is 46.9 Å². The molecule has 3 rings (SSSR count). The first-order valence-corrected chi connectivity index (χ1v) is 10.0. The number of quaternary nitrogens is 1. The maximum absolute atomic E-state index is 13.8. The molecule has 1 atom stereocenters. The lowest BCUT2D eigenvalue weighted by Gasteiger charge is -2.17. The average molecular weight is 405 g/mol. The van der Waals surface area contributed by atoms with Crippen LogP contribution >= 0.6 is 0 Å². The largest absolute Gasteiger partial charge is 0.328 e. The number of amides is 1. The first kappa shape index (κ1) is 21.4. The van der Waals surface area contributed by atoms with Crippen molar-refractivity contribution in [2.24, 2.45) is 0 Å². The first-order valence-electron chi connectivity index (χ1n) is 10.0. The molecule has 0 radical (unpaired) electrons. The molecule has 30 heavy (non-hydrogen) atoms. The summed E-state index contributed by atoms with van der Waals surface area (Å²) in [6, 6.07) is 21.3. The van der Waals surface area contributed by atoms with E-state index in [2.05, 4.69) is 24.4 Å². The van der Waals surface area contributed by atoms with Gasteiger partial charge in [0.2, 0.25) is 0 Å². The lowest BCUT2D eigenvalue weighted by Crippen LogP contribution is -2.87. The maximum Gasteiger partial charge on any atom is 0.279 e. The van der Waals surface area contributed by atoms with E-state index in [4.69, 9.17) is 0 Å². The molecule has 0 bridgehead atoms. The Labute approximate surface area is 176 Å². The van der Waals surface area contributed by atoms with Crippen LogP contribution in [0, 0.1) is 5.82 Å². The summed E-state index contributed by atoms with van der Waals surface area (Å²) in [6.45, 7) is 3.74. The molecule has 1 amide bonds. The molecule has 4 nitrogen and oxygen atoms in total. The summed E-state index contributed by atoms with van der Waals surface area (Å²) in [4.78, 5) is 24.1. The van der Waals surface area contributed by atoms with Gasteiger partial charge in [-0.3, -0.25) is 9.59 Å². The molecule has 0 fully saturated rings. The Kier molecular flexibility index (Phi) is 7.09. The van der Waals surface area contributed by atoms with Gasteiger partial charge in [-0.15, -0.1) is 0 Å². The molecule has 0 unspecified atom stereocenters. The number of aryl methyl sites for hydroxylation is 1. The normalized spacial score (nSPS) is 11.7. The van der Waals surface area contributed by atoms with Gasteiger partial charge in [-0.2, -0.15) is 0 Å². The summed E-state index contributed by atoms with van der Waals surface area (Å²) in [5.74, 6) is -0.553. The van der Waals surface area contributed by atoms with E-state index in [1.807, 2.05) is 23.5 Å². The second kappa shape index (κ2) is 9.94. The number of hydrogen-bond acceptors (Lipinski definition) is 2. The molecule has 0 spiro atoms. The highest BCUT2D eigenvalue weighted by Crippen LogP contribution is 2.20. The molecule has 0 saturated carbocycles. The van der Waals surface area contributed by atoms with E-state index in [-0.39, 0.29) is 30.1 Å². The Balaban J connectivity index is 1.75. The zero-order valence-corrected chi connectivity index (χ0v) is 17.2. The van der Waals surface area contributed by atoms with Crippen molar-refractivity contribution < 1.29 is 19.3 Å². The van der Waals surface area contributed by atoms with Gasteiger partial charge in [0.05, 0.1) is 0 Å². The second-order valence-electron chi connectivity index (χ2n) is 7.25. The Morgan fingerprint density at radius 1 is 0.967 bits per heavy atom.